The van der Waals surface area contributed by atoms with Crippen molar-refractivity contribution < 1.29 is 4.74 Å². The zero-order valence-corrected chi connectivity index (χ0v) is 16.1. The number of H-pyrrole nitrogens is 1. The second-order valence-electron chi connectivity index (χ2n) is 6.29. The van der Waals surface area contributed by atoms with E-state index in [2.05, 4.69) is 20.5 Å². The summed E-state index contributed by atoms with van der Waals surface area (Å²) in [5.41, 5.74) is 5.08. The van der Waals surface area contributed by atoms with Crippen molar-refractivity contribution in [1.29, 1.82) is 0 Å². The highest BCUT2D eigenvalue weighted by Crippen LogP contribution is 2.31. The molecule has 0 radical (unpaired) electrons. The number of anilines is 1. The Balaban J connectivity index is 1.54. The number of halogens is 1. The molecule has 0 spiro atoms. The van der Waals surface area contributed by atoms with Gasteiger partial charge < -0.3 is 10.1 Å². The first-order valence-corrected chi connectivity index (χ1v) is 9.23. The standard InChI is InChI=1S/C22H19ClN4O/c1-28-19-8-2-15(3-9-19)13-25-21-12-17(10-11-24-21)20-14-26-27-22(20)16-4-6-18(23)7-5-16/h2-12,14H,13H2,1H3,(H,24,25)(H,26,27). The van der Waals surface area contributed by atoms with Gasteiger partial charge in [-0.15, -0.1) is 0 Å². The average Bonchev–Trinajstić information content (AvgIpc) is 3.23. The molecule has 0 aliphatic rings. The lowest BCUT2D eigenvalue weighted by atomic mass is 10.0. The SMILES string of the molecule is COc1ccc(CNc2cc(-c3c[nH]nc3-c3ccc(Cl)cc3)ccn2)cc1. The number of hydrogen-bond acceptors (Lipinski definition) is 4. The van der Waals surface area contributed by atoms with Gasteiger partial charge in [-0.05, 0) is 47.5 Å². The van der Waals surface area contributed by atoms with Crippen molar-refractivity contribution in [1.82, 2.24) is 15.2 Å². The first-order valence-electron chi connectivity index (χ1n) is 8.86. The molecule has 0 aliphatic heterocycles. The Morgan fingerprint density at radius 2 is 1.79 bits per heavy atom. The summed E-state index contributed by atoms with van der Waals surface area (Å²) in [5.74, 6) is 1.65. The number of pyridine rings is 1. The summed E-state index contributed by atoms with van der Waals surface area (Å²) in [4.78, 5) is 4.43. The van der Waals surface area contributed by atoms with E-state index in [-0.39, 0.29) is 0 Å². The van der Waals surface area contributed by atoms with Gasteiger partial charge in [0.2, 0.25) is 0 Å². The Morgan fingerprint density at radius 1 is 1.00 bits per heavy atom. The van der Waals surface area contributed by atoms with Crippen LogP contribution in [0.15, 0.2) is 73.1 Å². The van der Waals surface area contributed by atoms with Crippen molar-refractivity contribution in [2.75, 3.05) is 12.4 Å². The normalized spacial score (nSPS) is 10.6. The minimum atomic E-state index is 0.676. The van der Waals surface area contributed by atoms with Crippen LogP contribution in [0.1, 0.15) is 5.56 Å². The van der Waals surface area contributed by atoms with Crippen LogP contribution < -0.4 is 10.1 Å². The van der Waals surface area contributed by atoms with Gasteiger partial charge >= 0.3 is 0 Å². The molecule has 2 aromatic carbocycles. The number of rotatable bonds is 6. The van der Waals surface area contributed by atoms with Crippen molar-refractivity contribution in [3.8, 4) is 28.1 Å². The van der Waals surface area contributed by atoms with Gasteiger partial charge in [-0.3, -0.25) is 5.10 Å². The fourth-order valence-electron chi connectivity index (χ4n) is 2.97. The Bertz CT molecular complexity index is 1060. The van der Waals surface area contributed by atoms with Crippen LogP contribution in [-0.4, -0.2) is 22.3 Å². The largest absolute Gasteiger partial charge is 0.497 e. The topological polar surface area (TPSA) is 62.8 Å². The van der Waals surface area contributed by atoms with Gasteiger partial charge in [0.1, 0.15) is 11.6 Å². The molecule has 28 heavy (non-hydrogen) atoms. The van der Waals surface area contributed by atoms with E-state index in [9.17, 15) is 0 Å². The van der Waals surface area contributed by atoms with Crippen LogP contribution in [0, 0.1) is 0 Å². The van der Waals surface area contributed by atoms with Gasteiger partial charge in [0.05, 0.1) is 12.8 Å². The Labute approximate surface area is 168 Å². The van der Waals surface area contributed by atoms with Crippen LogP contribution in [0.2, 0.25) is 5.02 Å². The van der Waals surface area contributed by atoms with E-state index >= 15 is 0 Å². The second-order valence-corrected chi connectivity index (χ2v) is 6.72. The van der Waals surface area contributed by atoms with Gasteiger partial charge in [0.25, 0.3) is 0 Å². The van der Waals surface area contributed by atoms with Crippen molar-refractivity contribution in [2.24, 2.45) is 0 Å². The number of methoxy groups -OCH3 is 1. The van der Waals surface area contributed by atoms with E-state index in [1.807, 2.05) is 66.9 Å². The zero-order chi connectivity index (χ0) is 19.3. The quantitative estimate of drug-likeness (QED) is 0.462. The molecule has 0 bridgehead atoms. The number of aromatic nitrogens is 3. The van der Waals surface area contributed by atoms with Gasteiger partial charge in [-0.1, -0.05) is 35.9 Å². The third-order valence-corrected chi connectivity index (χ3v) is 4.71. The lowest BCUT2D eigenvalue weighted by Gasteiger charge is -2.09. The number of ether oxygens (including phenoxy) is 1. The highest BCUT2D eigenvalue weighted by atomic mass is 35.5. The molecule has 2 aromatic heterocycles. The summed E-state index contributed by atoms with van der Waals surface area (Å²) >= 11 is 6.00. The van der Waals surface area contributed by atoms with Crippen molar-refractivity contribution in [3.05, 3.63) is 83.6 Å². The Kier molecular flexibility index (Phi) is 5.26. The highest BCUT2D eigenvalue weighted by Gasteiger charge is 2.11. The number of nitrogens with zero attached hydrogens (tertiary/aromatic N) is 2. The maximum absolute atomic E-state index is 6.00. The number of aromatic amines is 1. The monoisotopic (exact) mass is 390 g/mol. The van der Waals surface area contributed by atoms with Crippen LogP contribution in [0.25, 0.3) is 22.4 Å². The van der Waals surface area contributed by atoms with Crippen LogP contribution in [0.5, 0.6) is 5.75 Å². The fraction of sp³-hybridized carbons (Fsp3) is 0.0909. The molecular weight excluding hydrogens is 372 g/mol. The average molecular weight is 391 g/mol. The van der Waals surface area contributed by atoms with Gasteiger partial charge in [-0.2, -0.15) is 5.10 Å². The zero-order valence-electron chi connectivity index (χ0n) is 15.3. The molecular formula is C22H19ClN4O. The fourth-order valence-corrected chi connectivity index (χ4v) is 3.09. The van der Waals surface area contributed by atoms with E-state index in [0.717, 1.165) is 39.5 Å². The summed E-state index contributed by atoms with van der Waals surface area (Å²) in [6.07, 6.45) is 3.69. The van der Waals surface area contributed by atoms with Crippen molar-refractivity contribution in [2.45, 2.75) is 6.54 Å². The highest BCUT2D eigenvalue weighted by molar-refractivity contribution is 6.30. The summed E-state index contributed by atoms with van der Waals surface area (Å²) in [5, 5.41) is 11.4. The predicted molar refractivity (Wildman–Crippen MR) is 113 cm³/mol. The third kappa shape index (κ3) is 4.00. The van der Waals surface area contributed by atoms with Gasteiger partial charge in [0, 0.05) is 35.1 Å². The number of hydrogen-bond donors (Lipinski definition) is 2. The molecule has 0 aliphatic carbocycles. The summed E-state index contributed by atoms with van der Waals surface area (Å²) < 4.78 is 5.19. The maximum atomic E-state index is 6.00. The van der Waals surface area contributed by atoms with Crippen molar-refractivity contribution >= 4 is 17.4 Å². The maximum Gasteiger partial charge on any atom is 0.126 e. The molecule has 0 fully saturated rings. The van der Waals surface area contributed by atoms with Crippen LogP contribution in [0.3, 0.4) is 0 Å². The molecule has 5 nitrogen and oxygen atoms in total. The van der Waals surface area contributed by atoms with Gasteiger partial charge in [-0.25, -0.2) is 4.98 Å². The first kappa shape index (κ1) is 18.1. The minimum Gasteiger partial charge on any atom is -0.497 e. The van der Waals surface area contributed by atoms with Crippen LogP contribution in [-0.2, 0) is 6.54 Å². The minimum absolute atomic E-state index is 0.676. The number of nitrogens with one attached hydrogen (secondary N) is 2. The van der Waals surface area contributed by atoms with E-state index in [1.54, 1.807) is 13.3 Å². The molecule has 6 heteroatoms. The summed E-state index contributed by atoms with van der Waals surface area (Å²) in [6.45, 7) is 0.676. The second kappa shape index (κ2) is 8.15. The van der Waals surface area contributed by atoms with Crippen LogP contribution in [0.4, 0.5) is 5.82 Å². The summed E-state index contributed by atoms with van der Waals surface area (Å²) in [6, 6.07) is 19.6. The molecule has 4 rings (SSSR count). The molecule has 0 saturated heterocycles. The molecule has 140 valence electrons. The molecule has 0 amide bonds. The lowest BCUT2D eigenvalue weighted by molar-refractivity contribution is 0.414. The molecule has 0 saturated carbocycles. The number of benzene rings is 2. The van der Waals surface area contributed by atoms with E-state index < -0.39 is 0 Å². The van der Waals surface area contributed by atoms with Crippen LogP contribution >= 0.6 is 11.6 Å². The predicted octanol–water partition coefficient (Wildman–Crippen LogP) is 5.41. The third-order valence-electron chi connectivity index (χ3n) is 4.46. The Morgan fingerprint density at radius 3 is 2.54 bits per heavy atom. The molecule has 0 unspecified atom stereocenters. The van der Waals surface area contributed by atoms with Gasteiger partial charge in [0.15, 0.2) is 0 Å². The summed E-state index contributed by atoms with van der Waals surface area (Å²) in [7, 11) is 1.66. The Hall–Kier alpha value is -3.31. The van der Waals surface area contributed by atoms with Crippen molar-refractivity contribution in [3.63, 3.8) is 0 Å². The first-order chi connectivity index (χ1) is 13.7. The molecule has 0 atom stereocenters. The van der Waals surface area contributed by atoms with E-state index in [1.165, 1.54) is 0 Å². The van der Waals surface area contributed by atoms with E-state index in [4.69, 9.17) is 16.3 Å². The van der Waals surface area contributed by atoms with E-state index in [0.29, 0.717) is 11.6 Å². The molecule has 2 N–H and O–H groups in total. The molecule has 4 aromatic rings. The lowest BCUT2D eigenvalue weighted by Crippen LogP contribution is -2.01. The molecule has 2 heterocycles. The smallest absolute Gasteiger partial charge is 0.126 e.